The Hall–Kier alpha value is -5.49. The van der Waals surface area contributed by atoms with Crippen LogP contribution in [0.2, 0.25) is 10.0 Å². The van der Waals surface area contributed by atoms with Crippen molar-refractivity contribution in [3.63, 3.8) is 0 Å². The third-order valence-corrected chi connectivity index (χ3v) is 9.80. The van der Waals surface area contributed by atoms with Crippen molar-refractivity contribution in [2.24, 2.45) is 20.5 Å². The zero-order valence-electron chi connectivity index (χ0n) is 38.6. The minimum Gasteiger partial charge on any atom is -0.506 e. The summed E-state index contributed by atoms with van der Waals surface area (Å²) in [5.74, 6) is -7.73. The van der Waals surface area contributed by atoms with E-state index in [0.29, 0.717) is 0 Å². The maximum Gasteiger partial charge on any atom is 1.00 e. The number of rotatable bonds is 16. The number of ketones is 4. The number of hydrogen-bond donors (Lipinski definition) is 6. The van der Waals surface area contributed by atoms with E-state index >= 15 is 0 Å². The Bertz CT molecular complexity index is 2870. The fourth-order valence-electron chi connectivity index (χ4n) is 5.79. The van der Waals surface area contributed by atoms with E-state index in [1.807, 2.05) is 0 Å². The Labute approximate surface area is 497 Å². The van der Waals surface area contributed by atoms with Crippen LogP contribution in [0.5, 0.6) is 11.5 Å². The van der Waals surface area contributed by atoms with Gasteiger partial charge in [0.1, 0.15) is 34.7 Å². The number of carboxylic acid groups (broad SMARTS) is 2. The van der Waals surface area contributed by atoms with Crippen LogP contribution in [0.15, 0.2) is 154 Å². The van der Waals surface area contributed by atoms with Gasteiger partial charge in [-0.1, -0.05) is 83.9 Å². The Balaban J connectivity index is 0.000000682. The molecule has 6 aromatic carbocycles. The van der Waals surface area contributed by atoms with Gasteiger partial charge in [-0.05, 0) is 86.6 Å². The first kappa shape index (κ1) is 64.5. The molecule has 6 aromatic rings. The molecule has 6 rings (SSSR count). The zero-order chi connectivity index (χ0) is 49.7. The fraction of sp³-hybridized carbons (Fsp3) is 0.0417. The van der Waals surface area contributed by atoms with Crippen LogP contribution in [-0.2, 0) is 36.0 Å². The van der Waals surface area contributed by atoms with Crippen LogP contribution < -0.4 is 99.3 Å². The number of aromatic hydroxyl groups is 2. The Morgan fingerprint density at radius 3 is 1.07 bits per heavy atom. The molecule has 0 bridgehead atoms. The van der Waals surface area contributed by atoms with Gasteiger partial charge in [-0.3, -0.25) is 9.59 Å². The van der Waals surface area contributed by atoms with Gasteiger partial charge in [-0.2, -0.15) is 10.2 Å². The molecule has 0 heterocycles. The number of Topliss-reactive ketones (excluding diaryl/α,β-unsaturated/α-hetero) is 2. The molecule has 0 atom stereocenters. The van der Waals surface area contributed by atoms with Crippen LogP contribution in [0.25, 0.3) is 0 Å². The molecule has 0 saturated carbocycles. The standard InChI is InChI=1S/2C24H17ClN3O6.Co.3Na/c2*1-13(29)21(23(32)26-18-9-5-4-8-17(18)25)28-27-19-11-10-14(12-20(19)30)22(31)15-6-2-3-7-16(15)24(33)34;;;;/h2*2-12,30H,1H3,(H,26,32)(H,33,34);;;;/q2*-1;;3*+1. The topological polar surface area (TPSA) is 291 Å². The number of anilines is 2. The molecule has 353 valence electrons. The molecule has 0 aliphatic heterocycles. The van der Waals surface area contributed by atoms with Crippen molar-refractivity contribution >= 4 is 92.8 Å². The summed E-state index contributed by atoms with van der Waals surface area (Å²) >= 11 is 12.0. The predicted octanol–water partition coefficient (Wildman–Crippen LogP) is 0.646. The van der Waals surface area contributed by atoms with Gasteiger partial charge in [0.25, 0.3) is 0 Å². The van der Waals surface area contributed by atoms with Crippen molar-refractivity contribution in [3.05, 3.63) is 189 Å². The van der Waals surface area contributed by atoms with Crippen molar-refractivity contribution in [1.29, 1.82) is 0 Å². The van der Waals surface area contributed by atoms with Crippen molar-refractivity contribution < 1.29 is 164 Å². The molecule has 0 aromatic heterocycles. The summed E-state index contributed by atoms with van der Waals surface area (Å²) in [7, 11) is 0. The van der Waals surface area contributed by atoms with Gasteiger partial charge in [-0.25, -0.2) is 9.59 Å². The SMILES string of the molecule is CC(=O)[C-](N=Nc1ccc(C(=O)c2ccccc2C(=O)O)cc1O)C(=O)Nc1ccccc1Cl.CC(=O)[C-](N=Nc1ccc(C(=O)c2ccccc2C(=O)O)cc1O)C(=O)Nc1ccccc1Cl.[Co].[Na+].[Na+].[Na+]. The van der Waals surface area contributed by atoms with Crippen molar-refractivity contribution in [2.45, 2.75) is 13.8 Å². The summed E-state index contributed by atoms with van der Waals surface area (Å²) in [6, 6.07) is 30.4. The average Bonchev–Trinajstić information content (AvgIpc) is 3.31. The Morgan fingerprint density at radius 2 is 0.778 bits per heavy atom. The van der Waals surface area contributed by atoms with E-state index in [2.05, 4.69) is 31.1 Å². The quantitative estimate of drug-likeness (QED) is 0.0256. The molecule has 0 fully saturated rings. The normalized spacial score (nSPS) is 10.1. The maximum atomic E-state index is 12.7. The maximum absolute atomic E-state index is 12.7. The number of carbonyl (C=O) groups is 8. The van der Waals surface area contributed by atoms with Gasteiger partial charge in [-0.15, -0.1) is 12.1 Å². The van der Waals surface area contributed by atoms with Gasteiger partial charge in [0.05, 0.1) is 32.5 Å². The average molecular weight is 1090 g/mol. The van der Waals surface area contributed by atoms with Gasteiger partial charge in [0.15, 0.2) is 11.6 Å². The molecule has 18 nitrogen and oxygen atoms in total. The second-order valence-electron chi connectivity index (χ2n) is 13.8. The number of nitrogens with one attached hydrogen (secondary N) is 2. The van der Waals surface area contributed by atoms with Crippen LogP contribution in [-0.4, -0.2) is 67.3 Å². The number of benzene rings is 6. The third kappa shape index (κ3) is 17.3. The van der Waals surface area contributed by atoms with Crippen molar-refractivity contribution in [1.82, 2.24) is 0 Å². The van der Waals surface area contributed by atoms with Gasteiger partial charge in [0, 0.05) is 50.6 Å². The monoisotopic (exact) mass is 1080 g/mol. The Morgan fingerprint density at radius 1 is 0.472 bits per heavy atom. The van der Waals surface area contributed by atoms with E-state index < -0.39 is 70.5 Å². The third-order valence-electron chi connectivity index (χ3n) is 9.14. The number of carbonyl (C=O) groups excluding carboxylic acids is 6. The molecule has 72 heavy (non-hydrogen) atoms. The zero-order valence-corrected chi connectivity index (χ0v) is 47.2. The van der Waals surface area contributed by atoms with Crippen LogP contribution in [0.3, 0.4) is 0 Å². The van der Waals surface area contributed by atoms with E-state index in [-0.39, 0.29) is 172 Å². The number of phenols is 2. The molecular formula is C48H34Cl2CoN6Na3O12+. The molecule has 6 N–H and O–H groups in total. The number of para-hydroxylation sites is 2. The van der Waals surface area contributed by atoms with Gasteiger partial charge >= 0.3 is 101 Å². The summed E-state index contributed by atoms with van der Waals surface area (Å²) in [4.78, 5) is 97.0. The van der Waals surface area contributed by atoms with Crippen LogP contribution in [0, 0.1) is 12.1 Å². The molecule has 0 spiro atoms. The molecule has 0 unspecified atom stereocenters. The van der Waals surface area contributed by atoms with Gasteiger partial charge < -0.3 is 60.5 Å². The Kier molecular flexibility index (Phi) is 27.3. The molecule has 2 amide bonds. The molecule has 1 radical (unpaired) electrons. The summed E-state index contributed by atoms with van der Waals surface area (Å²) < 4.78 is 0. The number of amides is 2. The summed E-state index contributed by atoms with van der Waals surface area (Å²) in [6.07, 6.45) is 0. The predicted molar refractivity (Wildman–Crippen MR) is 247 cm³/mol. The molecular weight excluding hydrogens is 1050 g/mol. The second kappa shape index (κ2) is 30.5. The summed E-state index contributed by atoms with van der Waals surface area (Å²) in [5, 5.41) is 59.4. The van der Waals surface area contributed by atoms with E-state index in [1.165, 1.54) is 72.8 Å². The molecule has 0 saturated heterocycles. The number of nitrogens with zero attached hydrogens (tertiary/aromatic N) is 4. The smallest absolute Gasteiger partial charge is 0.506 e. The number of phenolic OH excluding ortho intramolecular Hbond substituents is 2. The first-order valence-electron chi connectivity index (χ1n) is 19.5. The van der Waals surface area contributed by atoms with Gasteiger partial charge in [0.2, 0.25) is 0 Å². The van der Waals surface area contributed by atoms with Crippen molar-refractivity contribution in [2.75, 3.05) is 10.6 Å². The molecule has 24 heteroatoms. The number of aromatic carboxylic acids is 2. The second-order valence-corrected chi connectivity index (χ2v) is 14.7. The minimum atomic E-state index is -1.26. The van der Waals surface area contributed by atoms with E-state index in [9.17, 15) is 58.8 Å². The number of azo groups is 2. The first-order chi connectivity index (χ1) is 32.4. The van der Waals surface area contributed by atoms with Crippen molar-refractivity contribution in [3.8, 4) is 11.5 Å². The minimum absolute atomic E-state index is 0. The molecule has 0 aliphatic carbocycles. The van der Waals surface area contributed by atoms with E-state index in [0.717, 1.165) is 26.0 Å². The van der Waals surface area contributed by atoms with E-state index in [4.69, 9.17) is 23.2 Å². The summed E-state index contributed by atoms with van der Waals surface area (Å²) in [5.41, 5.74) is -0.123. The number of halogens is 2. The van der Waals surface area contributed by atoms with Crippen LogP contribution >= 0.6 is 23.2 Å². The number of hydrogen-bond acceptors (Lipinski definition) is 14. The molecule has 0 aliphatic rings. The summed E-state index contributed by atoms with van der Waals surface area (Å²) in [6.45, 7) is 2.25. The van der Waals surface area contributed by atoms with Crippen LogP contribution in [0.1, 0.15) is 66.4 Å². The number of carboxylic acids is 2. The van der Waals surface area contributed by atoms with Crippen LogP contribution in [0.4, 0.5) is 22.7 Å². The fourth-order valence-corrected chi connectivity index (χ4v) is 6.16. The largest absolute Gasteiger partial charge is 1.00 e. The van der Waals surface area contributed by atoms with E-state index in [1.54, 1.807) is 48.5 Å². The first-order valence-corrected chi connectivity index (χ1v) is 20.2.